The Morgan fingerprint density at radius 2 is 2.20 bits per heavy atom. The van der Waals surface area contributed by atoms with Crippen LogP contribution in [0.3, 0.4) is 0 Å². The van der Waals surface area contributed by atoms with Gasteiger partial charge in [0.25, 0.3) is 0 Å². The van der Waals surface area contributed by atoms with Crippen LogP contribution in [0.4, 0.5) is 0 Å². The lowest BCUT2D eigenvalue weighted by Crippen LogP contribution is -2.34. The molecule has 1 aliphatic rings. The van der Waals surface area contributed by atoms with Crippen molar-refractivity contribution in [2.75, 3.05) is 0 Å². The molecular formula is C7H13NO2. The predicted octanol–water partition coefficient (Wildman–Crippen LogP) is 0.444. The summed E-state index contributed by atoms with van der Waals surface area (Å²) in [7, 11) is 0. The molecule has 0 spiro atoms. The fraction of sp³-hybridized carbons (Fsp3) is 0.857. The normalized spacial score (nSPS) is 40.0. The molecule has 3 atom stereocenters. The van der Waals surface area contributed by atoms with E-state index in [1.807, 2.05) is 6.92 Å². The summed E-state index contributed by atoms with van der Waals surface area (Å²) in [5, 5.41) is 8.62. The summed E-state index contributed by atoms with van der Waals surface area (Å²) >= 11 is 0. The lowest BCUT2D eigenvalue weighted by Gasteiger charge is -2.12. The average Bonchev–Trinajstić information content (AvgIpc) is 2.14. The first-order valence-electron chi connectivity index (χ1n) is 3.61. The summed E-state index contributed by atoms with van der Waals surface area (Å²) in [6.07, 6.45) is 1.70. The molecule has 0 saturated heterocycles. The minimum Gasteiger partial charge on any atom is -0.481 e. The zero-order chi connectivity index (χ0) is 7.72. The van der Waals surface area contributed by atoms with Crippen molar-refractivity contribution in [1.29, 1.82) is 0 Å². The largest absolute Gasteiger partial charge is 0.481 e. The number of aliphatic carboxylic acids is 1. The highest BCUT2D eigenvalue weighted by Gasteiger charge is 2.34. The number of hydrogen-bond acceptors (Lipinski definition) is 2. The van der Waals surface area contributed by atoms with Crippen LogP contribution in [0.15, 0.2) is 0 Å². The zero-order valence-corrected chi connectivity index (χ0v) is 6.08. The van der Waals surface area contributed by atoms with Gasteiger partial charge in [0.1, 0.15) is 0 Å². The van der Waals surface area contributed by atoms with Gasteiger partial charge in [-0.1, -0.05) is 6.92 Å². The Hall–Kier alpha value is -0.570. The van der Waals surface area contributed by atoms with E-state index in [4.69, 9.17) is 10.8 Å². The van der Waals surface area contributed by atoms with Gasteiger partial charge in [0, 0.05) is 6.04 Å². The second kappa shape index (κ2) is 2.58. The van der Waals surface area contributed by atoms with E-state index in [2.05, 4.69) is 0 Å². The van der Waals surface area contributed by atoms with Gasteiger partial charge in [-0.2, -0.15) is 0 Å². The van der Waals surface area contributed by atoms with Crippen LogP contribution in [0, 0.1) is 11.8 Å². The fourth-order valence-corrected chi connectivity index (χ4v) is 1.51. The second-order valence-corrected chi connectivity index (χ2v) is 3.08. The number of rotatable bonds is 1. The molecule has 58 valence electrons. The number of carboxylic acids is 1. The second-order valence-electron chi connectivity index (χ2n) is 3.08. The molecule has 3 nitrogen and oxygen atoms in total. The molecule has 1 rings (SSSR count). The minimum absolute atomic E-state index is 0.127. The number of carbonyl (C=O) groups is 1. The monoisotopic (exact) mass is 143 g/mol. The van der Waals surface area contributed by atoms with Crippen LogP contribution in [0.25, 0.3) is 0 Å². The average molecular weight is 143 g/mol. The van der Waals surface area contributed by atoms with Gasteiger partial charge >= 0.3 is 5.97 Å². The molecule has 0 heterocycles. The van der Waals surface area contributed by atoms with Gasteiger partial charge in [0.2, 0.25) is 0 Å². The first kappa shape index (κ1) is 7.54. The van der Waals surface area contributed by atoms with Crippen LogP contribution < -0.4 is 5.73 Å². The molecule has 0 aromatic carbocycles. The minimum atomic E-state index is -0.739. The van der Waals surface area contributed by atoms with Gasteiger partial charge in [-0.05, 0) is 18.8 Å². The maximum atomic E-state index is 10.5. The Balaban J connectivity index is 2.57. The quantitative estimate of drug-likeness (QED) is 0.560. The molecule has 0 radical (unpaired) electrons. The van der Waals surface area contributed by atoms with Crippen LogP contribution in [0.5, 0.6) is 0 Å². The summed E-state index contributed by atoms with van der Waals surface area (Å²) in [6, 6.07) is -0.127. The van der Waals surface area contributed by atoms with E-state index < -0.39 is 5.97 Å². The number of nitrogens with two attached hydrogens (primary N) is 1. The van der Waals surface area contributed by atoms with E-state index in [0.29, 0.717) is 5.92 Å². The van der Waals surface area contributed by atoms with Crippen LogP contribution in [0.1, 0.15) is 19.8 Å². The molecular weight excluding hydrogens is 130 g/mol. The van der Waals surface area contributed by atoms with Crippen molar-refractivity contribution >= 4 is 5.97 Å². The summed E-state index contributed by atoms with van der Waals surface area (Å²) in [4.78, 5) is 10.5. The fourth-order valence-electron chi connectivity index (χ4n) is 1.51. The predicted molar refractivity (Wildman–Crippen MR) is 37.5 cm³/mol. The highest BCUT2D eigenvalue weighted by molar-refractivity contribution is 5.71. The summed E-state index contributed by atoms with van der Waals surface area (Å²) in [5.41, 5.74) is 5.64. The van der Waals surface area contributed by atoms with E-state index in [1.54, 1.807) is 0 Å². The maximum Gasteiger partial charge on any atom is 0.308 e. The van der Waals surface area contributed by atoms with E-state index >= 15 is 0 Å². The standard InChI is InChI=1S/C7H13NO2/c1-4-2-3-5(6(4)8)7(9)10/h4-6H,2-3,8H2,1H3,(H,9,10)/t4-,5+,6-/m0/s1. The lowest BCUT2D eigenvalue weighted by molar-refractivity contribution is -0.142. The van der Waals surface area contributed by atoms with Crippen molar-refractivity contribution in [2.45, 2.75) is 25.8 Å². The van der Waals surface area contributed by atoms with Crippen LogP contribution in [0.2, 0.25) is 0 Å². The van der Waals surface area contributed by atoms with E-state index in [9.17, 15) is 4.79 Å². The molecule has 0 unspecified atom stereocenters. The van der Waals surface area contributed by atoms with Crippen molar-refractivity contribution in [2.24, 2.45) is 17.6 Å². The van der Waals surface area contributed by atoms with Gasteiger partial charge in [0.05, 0.1) is 5.92 Å². The van der Waals surface area contributed by atoms with Gasteiger partial charge < -0.3 is 10.8 Å². The zero-order valence-electron chi connectivity index (χ0n) is 6.08. The third-order valence-electron chi connectivity index (χ3n) is 2.37. The third-order valence-corrected chi connectivity index (χ3v) is 2.37. The number of carboxylic acid groups (broad SMARTS) is 1. The van der Waals surface area contributed by atoms with Gasteiger partial charge in [-0.15, -0.1) is 0 Å². The number of hydrogen-bond donors (Lipinski definition) is 2. The summed E-state index contributed by atoms with van der Waals surface area (Å²) in [6.45, 7) is 2.01. The van der Waals surface area contributed by atoms with Crippen LogP contribution in [-0.4, -0.2) is 17.1 Å². The molecule has 0 aromatic heterocycles. The molecule has 0 bridgehead atoms. The van der Waals surface area contributed by atoms with Crippen molar-refractivity contribution in [3.05, 3.63) is 0 Å². The Morgan fingerprint density at radius 3 is 2.40 bits per heavy atom. The molecule has 3 N–H and O–H groups in total. The Labute approximate surface area is 60.2 Å². The van der Waals surface area contributed by atoms with Crippen LogP contribution in [-0.2, 0) is 4.79 Å². The van der Waals surface area contributed by atoms with Crippen molar-refractivity contribution in [3.63, 3.8) is 0 Å². The SMILES string of the molecule is C[C@H]1CC[C@@H](C(=O)O)[C@H]1N. The molecule has 1 saturated carbocycles. The highest BCUT2D eigenvalue weighted by Crippen LogP contribution is 2.29. The van der Waals surface area contributed by atoms with Crippen molar-refractivity contribution < 1.29 is 9.90 Å². The highest BCUT2D eigenvalue weighted by atomic mass is 16.4. The maximum absolute atomic E-state index is 10.5. The first-order valence-corrected chi connectivity index (χ1v) is 3.61. The van der Waals surface area contributed by atoms with E-state index in [0.717, 1.165) is 12.8 Å². The third kappa shape index (κ3) is 1.14. The van der Waals surface area contributed by atoms with E-state index in [1.165, 1.54) is 0 Å². The molecule has 1 aliphatic carbocycles. The topological polar surface area (TPSA) is 63.3 Å². The Morgan fingerprint density at radius 1 is 1.60 bits per heavy atom. The molecule has 3 heteroatoms. The Kier molecular flexibility index (Phi) is 1.94. The molecule has 0 aromatic rings. The van der Waals surface area contributed by atoms with Crippen molar-refractivity contribution in [3.8, 4) is 0 Å². The molecule has 0 amide bonds. The van der Waals surface area contributed by atoms with Gasteiger partial charge in [-0.25, -0.2) is 0 Å². The summed E-state index contributed by atoms with van der Waals surface area (Å²) < 4.78 is 0. The molecule has 1 fully saturated rings. The molecule has 10 heavy (non-hydrogen) atoms. The van der Waals surface area contributed by atoms with Gasteiger partial charge in [0.15, 0.2) is 0 Å². The summed E-state index contributed by atoms with van der Waals surface area (Å²) in [5.74, 6) is -0.659. The van der Waals surface area contributed by atoms with Gasteiger partial charge in [-0.3, -0.25) is 4.79 Å². The van der Waals surface area contributed by atoms with Crippen LogP contribution >= 0.6 is 0 Å². The van der Waals surface area contributed by atoms with Crippen molar-refractivity contribution in [1.82, 2.24) is 0 Å². The first-order chi connectivity index (χ1) is 4.63. The Bertz CT molecular complexity index is 147. The van der Waals surface area contributed by atoms with E-state index in [-0.39, 0.29) is 12.0 Å². The smallest absolute Gasteiger partial charge is 0.308 e. The lowest BCUT2D eigenvalue weighted by atomic mass is 10.0. The molecule has 0 aliphatic heterocycles.